The standard InChI is InChI=1S/C11H19NO/c1-3-9-4-8-5-10(9)11(6-8)12-7(2)13/h8-11H,3-6H2,1-2H3,(H,12,13)/t8-,9+,10-,11-/m1/s1. The van der Waals surface area contributed by atoms with Crippen LogP contribution >= 0.6 is 0 Å². The van der Waals surface area contributed by atoms with E-state index in [0.717, 1.165) is 17.8 Å². The molecule has 2 saturated carbocycles. The molecule has 0 spiro atoms. The lowest BCUT2D eigenvalue weighted by molar-refractivity contribution is -0.120. The van der Waals surface area contributed by atoms with Gasteiger partial charge >= 0.3 is 0 Å². The number of fused-ring (bicyclic) bond motifs is 2. The summed E-state index contributed by atoms with van der Waals surface area (Å²) < 4.78 is 0. The molecule has 2 heteroatoms. The Hall–Kier alpha value is -0.530. The summed E-state index contributed by atoms with van der Waals surface area (Å²) >= 11 is 0. The van der Waals surface area contributed by atoms with Crippen molar-refractivity contribution in [2.45, 2.75) is 45.6 Å². The van der Waals surface area contributed by atoms with Crippen LogP contribution in [0.25, 0.3) is 0 Å². The van der Waals surface area contributed by atoms with E-state index in [0.29, 0.717) is 6.04 Å². The van der Waals surface area contributed by atoms with Crippen molar-refractivity contribution in [1.29, 1.82) is 0 Å². The monoisotopic (exact) mass is 181 g/mol. The first-order valence-corrected chi connectivity index (χ1v) is 5.47. The topological polar surface area (TPSA) is 29.1 Å². The molecule has 2 aliphatic carbocycles. The van der Waals surface area contributed by atoms with Crippen molar-refractivity contribution in [1.82, 2.24) is 5.32 Å². The van der Waals surface area contributed by atoms with E-state index in [9.17, 15) is 4.79 Å². The van der Waals surface area contributed by atoms with E-state index in [-0.39, 0.29) is 5.91 Å². The van der Waals surface area contributed by atoms with Gasteiger partial charge in [-0.2, -0.15) is 0 Å². The van der Waals surface area contributed by atoms with Crippen molar-refractivity contribution >= 4 is 5.91 Å². The molecule has 0 aliphatic heterocycles. The van der Waals surface area contributed by atoms with Crippen molar-refractivity contribution in [3.05, 3.63) is 0 Å². The van der Waals surface area contributed by atoms with Gasteiger partial charge in [-0.15, -0.1) is 0 Å². The lowest BCUT2D eigenvalue weighted by Gasteiger charge is -2.29. The Balaban J connectivity index is 1.97. The van der Waals surface area contributed by atoms with Gasteiger partial charge in [-0.25, -0.2) is 0 Å². The number of amides is 1. The Morgan fingerprint density at radius 1 is 1.38 bits per heavy atom. The molecule has 2 aliphatic rings. The fourth-order valence-corrected chi connectivity index (χ4v) is 3.39. The molecular weight excluding hydrogens is 162 g/mol. The van der Waals surface area contributed by atoms with E-state index in [1.807, 2.05) is 0 Å². The molecule has 2 nitrogen and oxygen atoms in total. The number of carbonyl (C=O) groups excluding carboxylic acids is 1. The Morgan fingerprint density at radius 2 is 2.15 bits per heavy atom. The lowest BCUT2D eigenvalue weighted by Crippen LogP contribution is -2.39. The SMILES string of the molecule is CC[C@H]1C[C@@H]2C[C@H]1[C@H](NC(C)=O)C2. The molecule has 0 heterocycles. The summed E-state index contributed by atoms with van der Waals surface area (Å²) in [6, 6.07) is 0.501. The minimum atomic E-state index is 0.146. The van der Waals surface area contributed by atoms with Gasteiger partial charge in [-0.05, 0) is 37.0 Å². The van der Waals surface area contributed by atoms with Gasteiger partial charge in [0.2, 0.25) is 5.91 Å². The van der Waals surface area contributed by atoms with Gasteiger partial charge in [-0.3, -0.25) is 4.79 Å². The molecule has 1 amide bonds. The van der Waals surface area contributed by atoms with Gasteiger partial charge in [0, 0.05) is 13.0 Å². The number of carbonyl (C=O) groups is 1. The second-order valence-electron chi connectivity index (χ2n) is 4.71. The number of nitrogens with one attached hydrogen (secondary N) is 1. The molecule has 2 bridgehead atoms. The zero-order valence-electron chi connectivity index (χ0n) is 8.55. The average molecular weight is 181 g/mol. The van der Waals surface area contributed by atoms with E-state index in [1.54, 1.807) is 6.92 Å². The highest BCUT2D eigenvalue weighted by Crippen LogP contribution is 2.49. The molecule has 2 rings (SSSR count). The van der Waals surface area contributed by atoms with Crippen LogP contribution in [0, 0.1) is 17.8 Å². The molecule has 0 aromatic heterocycles. The Labute approximate surface area is 80.1 Å². The Morgan fingerprint density at radius 3 is 2.69 bits per heavy atom. The summed E-state index contributed by atoms with van der Waals surface area (Å²) in [7, 11) is 0. The molecule has 2 fully saturated rings. The third-order valence-electron chi connectivity index (χ3n) is 3.86. The molecule has 0 unspecified atom stereocenters. The Bertz CT molecular complexity index is 214. The van der Waals surface area contributed by atoms with Crippen LogP contribution in [0.3, 0.4) is 0 Å². The highest BCUT2D eigenvalue weighted by Gasteiger charge is 2.45. The molecule has 0 radical (unpaired) electrons. The predicted molar refractivity (Wildman–Crippen MR) is 52.2 cm³/mol. The third-order valence-corrected chi connectivity index (χ3v) is 3.86. The van der Waals surface area contributed by atoms with Crippen molar-refractivity contribution in [2.24, 2.45) is 17.8 Å². The number of hydrogen-bond donors (Lipinski definition) is 1. The van der Waals surface area contributed by atoms with Crippen LogP contribution < -0.4 is 5.32 Å². The second-order valence-corrected chi connectivity index (χ2v) is 4.71. The van der Waals surface area contributed by atoms with Gasteiger partial charge in [0.25, 0.3) is 0 Å². The van der Waals surface area contributed by atoms with E-state index in [1.165, 1.54) is 25.7 Å². The van der Waals surface area contributed by atoms with Crippen molar-refractivity contribution in [2.75, 3.05) is 0 Å². The lowest BCUT2D eigenvalue weighted by atomic mass is 9.83. The third kappa shape index (κ3) is 1.59. The van der Waals surface area contributed by atoms with Crippen molar-refractivity contribution in [3.8, 4) is 0 Å². The fourth-order valence-electron chi connectivity index (χ4n) is 3.39. The predicted octanol–water partition coefficient (Wildman–Crippen LogP) is 1.95. The number of rotatable bonds is 2. The zero-order chi connectivity index (χ0) is 9.42. The van der Waals surface area contributed by atoms with E-state index < -0.39 is 0 Å². The van der Waals surface area contributed by atoms with Gasteiger partial charge in [0.15, 0.2) is 0 Å². The van der Waals surface area contributed by atoms with Gasteiger partial charge in [-0.1, -0.05) is 13.3 Å². The summed E-state index contributed by atoms with van der Waals surface area (Å²) in [6.07, 6.45) is 5.30. The molecule has 0 saturated heterocycles. The molecule has 0 aromatic rings. The molecule has 0 aromatic carbocycles. The molecule has 13 heavy (non-hydrogen) atoms. The molecule has 1 N–H and O–H groups in total. The van der Waals surface area contributed by atoms with Crippen molar-refractivity contribution < 1.29 is 4.79 Å². The van der Waals surface area contributed by atoms with Gasteiger partial charge in [0.05, 0.1) is 0 Å². The average Bonchev–Trinajstić information content (AvgIpc) is 2.60. The maximum absolute atomic E-state index is 11.0. The minimum absolute atomic E-state index is 0.146. The van der Waals surface area contributed by atoms with Crippen molar-refractivity contribution in [3.63, 3.8) is 0 Å². The highest BCUT2D eigenvalue weighted by molar-refractivity contribution is 5.73. The summed E-state index contributed by atoms with van der Waals surface area (Å²) in [4.78, 5) is 11.0. The second kappa shape index (κ2) is 3.32. The van der Waals surface area contributed by atoms with Gasteiger partial charge in [0.1, 0.15) is 0 Å². The minimum Gasteiger partial charge on any atom is -0.353 e. The zero-order valence-corrected chi connectivity index (χ0v) is 8.55. The molecular formula is C11H19NO. The first-order chi connectivity index (χ1) is 6.20. The molecule has 4 atom stereocenters. The van der Waals surface area contributed by atoms with Crippen LogP contribution in [0.5, 0.6) is 0 Å². The first kappa shape index (κ1) is 9.04. The summed E-state index contributed by atoms with van der Waals surface area (Å²) in [5.41, 5.74) is 0. The smallest absolute Gasteiger partial charge is 0.217 e. The van der Waals surface area contributed by atoms with Crippen LogP contribution in [0.15, 0.2) is 0 Å². The maximum atomic E-state index is 11.0. The van der Waals surface area contributed by atoms with E-state index >= 15 is 0 Å². The van der Waals surface area contributed by atoms with Crippen LogP contribution in [0.1, 0.15) is 39.5 Å². The van der Waals surface area contributed by atoms with Crippen LogP contribution in [-0.2, 0) is 4.79 Å². The van der Waals surface area contributed by atoms with Gasteiger partial charge < -0.3 is 5.32 Å². The van der Waals surface area contributed by atoms with E-state index in [4.69, 9.17) is 0 Å². The summed E-state index contributed by atoms with van der Waals surface area (Å²) in [5, 5.41) is 3.10. The Kier molecular flexibility index (Phi) is 2.31. The maximum Gasteiger partial charge on any atom is 0.217 e. The van der Waals surface area contributed by atoms with E-state index in [2.05, 4.69) is 12.2 Å². The van der Waals surface area contributed by atoms with Crippen LogP contribution in [0.2, 0.25) is 0 Å². The highest BCUT2D eigenvalue weighted by atomic mass is 16.1. The van der Waals surface area contributed by atoms with Crippen LogP contribution in [-0.4, -0.2) is 11.9 Å². The molecule has 74 valence electrons. The largest absolute Gasteiger partial charge is 0.353 e. The quantitative estimate of drug-likeness (QED) is 0.693. The summed E-state index contributed by atoms with van der Waals surface area (Å²) in [6.45, 7) is 3.91. The fraction of sp³-hybridized carbons (Fsp3) is 0.909. The van der Waals surface area contributed by atoms with Crippen LogP contribution in [0.4, 0.5) is 0 Å². The normalized spacial score (nSPS) is 42.3. The number of hydrogen-bond acceptors (Lipinski definition) is 1. The first-order valence-electron chi connectivity index (χ1n) is 5.47. The summed E-state index contributed by atoms with van der Waals surface area (Å²) in [5.74, 6) is 2.73.